The fraction of sp³-hybridized carbons (Fsp3) is 0. The third kappa shape index (κ3) is 29.9. The zero-order valence-electron chi connectivity index (χ0n) is 1.82. The Labute approximate surface area is 65.0 Å². The van der Waals surface area contributed by atoms with E-state index < -0.39 is 0 Å². The Hall–Kier alpha value is 1.50. The first kappa shape index (κ1) is 87.4. The molecule has 0 atom stereocenters. The number of rotatable bonds is 0. The normalized spacial score (nSPS) is 0. The average Bonchev–Trinajstić information content (AvgIpc) is 0. The van der Waals surface area contributed by atoms with Crippen molar-refractivity contribution in [1.29, 1.82) is 0 Å². The van der Waals surface area contributed by atoms with Gasteiger partial charge in [0.15, 0.2) is 0 Å². The van der Waals surface area contributed by atoms with Gasteiger partial charge in [-0.05, 0) is 0 Å². The summed E-state index contributed by atoms with van der Waals surface area (Å²) in [6.45, 7) is 0. The molecule has 0 aliphatic carbocycles. The fourth-order valence-electron chi connectivity index (χ4n) is 0. The maximum absolute atomic E-state index is 0. The van der Waals surface area contributed by atoms with Crippen molar-refractivity contribution >= 4 is 54.4 Å². The molecule has 0 bridgehead atoms. The van der Waals surface area contributed by atoms with Gasteiger partial charge in [-0.1, -0.05) is 0 Å². The van der Waals surface area contributed by atoms with Crippen LogP contribution in [0.4, 0.5) is 0 Å². The summed E-state index contributed by atoms with van der Waals surface area (Å²) < 4.78 is 0. The van der Waals surface area contributed by atoms with Gasteiger partial charge in [-0.3, -0.25) is 0 Å². The molecule has 0 aromatic carbocycles. The van der Waals surface area contributed by atoms with Crippen molar-refractivity contribution in [2.24, 2.45) is 0 Å². The molecule has 0 saturated heterocycles. The zero-order chi connectivity index (χ0) is 0. The van der Waals surface area contributed by atoms with Crippen molar-refractivity contribution in [3.63, 3.8) is 0 Å². The summed E-state index contributed by atoms with van der Waals surface area (Å²) in [6.07, 6.45) is 0. The minimum atomic E-state index is 0. The van der Waals surface area contributed by atoms with Gasteiger partial charge in [0, 0.05) is 0 Å². The molecule has 0 unspecified atom stereocenters. The summed E-state index contributed by atoms with van der Waals surface area (Å²) >= 11 is 0. The van der Waals surface area contributed by atoms with Crippen LogP contribution in [0.1, 0.15) is 0 Å². The summed E-state index contributed by atoms with van der Waals surface area (Å²) in [5.41, 5.74) is 0. The fourth-order valence-corrected chi connectivity index (χ4v) is 0. The molecular formula is H7Cl2NaO2. The second-order valence-electron chi connectivity index (χ2n) is 0. The first-order valence-electron chi connectivity index (χ1n) is 0. The molecule has 0 radical (unpaired) electrons. The van der Waals surface area contributed by atoms with E-state index in [9.17, 15) is 0 Å². The van der Waals surface area contributed by atoms with Crippen LogP contribution in [0.3, 0.4) is 0 Å². The van der Waals surface area contributed by atoms with E-state index in [0.29, 0.717) is 0 Å². The number of hydrogen-bond donors (Lipinski definition) is 0. The van der Waals surface area contributed by atoms with Gasteiger partial charge in [-0.25, -0.2) is 0 Å². The van der Waals surface area contributed by atoms with E-state index in [1.807, 2.05) is 0 Å². The predicted molar refractivity (Wildman–Crippen MR) is 28.9 cm³/mol. The summed E-state index contributed by atoms with van der Waals surface area (Å²) in [4.78, 5) is 0. The van der Waals surface area contributed by atoms with Gasteiger partial charge >= 0.3 is 29.6 Å². The minimum absolute atomic E-state index is 0. The first-order chi connectivity index (χ1) is 0. The Balaban J connectivity index is 0. The molecule has 4 N–H and O–H groups in total. The van der Waals surface area contributed by atoms with Crippen molar-refractivity contribution in [3.05, 3.63) is 0 Å². The molecule has 0 aromatic heterocycles. The first-order valence-corrected chi connectivity index (χ1v) is 0. The average molecular weight is 133 g/mol. The second-order valence-corrected chi connectivity index (χ2v) is 0. The molecule has 0 aromatic rings. The molecule has 0 fully saturated rings. The van der Waals surface area contributed by atoms with Gasteiger partial charge < -0.3 is 11.0 Å². The Morgan fingerprint density at radius 1 is 0.600 bits per heavy atom. The molecular weight excluding hydrogens is 126 g/mol. The molecule has 5 heavy (non-hydrogen) atoms. The van der Waals surface area contributed by atoms with Crippen molar-refractivity contribution in [2.75, 3.05) is 0 Å². The van der Waals surface area contributed by atoms with E-state index in [2.05, 4.69) is 0 Å². The van der Waals surface area contributed by atoms with Gasteiger partial charge in [0.25, 0.3) is 0 Å². The van der Waals surface area contributed by atoms with Crippen LogP contribution in [0.15, 0.2) is 0 Å². The van der Waals surface area contributed by atoms with Crippen molar-refractivity contribution < 1.29 is 11.0 Å². The van der Waals surface area contributed by atoms with Crippen LogP contribution < -0.4 is 0 Å². The van der Waals surface area contributed by atoms with Crippen LogP contribution in [0.25, 0.3) is 0 Å². The molecule has 0 spiro atoms. The molecule has 0 aliphatic heterocycles. The van der Waals surface area contributed by atoms with E-state index in [1.165, 1.54) is 0 Å². The SMILES string of the molecule is Cl.Cl.O.O.[NaH]. The second kappa shape index (κ2) is 49.5. The van der Waals surface area contributed by atoms with Crippen LogP contribution in [-0.2, 0) is 0 Å². The number of hydrogen-bond acceptors (Lipinski definition) is 0. The Morgan fingerprint density at radius 3 is 0.600 bits per heavy atom. The summed E-state index contributed by atoms with van der Waals surface area (Å²) in [7, 11) is 0. The zero-order valence-corrected chi connectivity index (χ0v) is 3.45. The molecule has 0 amide bonds. The third-order valence-electron chi connectivity index (χ3n) is 0. The van der Waals surface area contributed by atoms with Crippen LogP contribution >= 0.6 is 24.8 Å². The Morgan fingerprint density at radius 2 is 0.600 bits per heavy atom. The molecule has 34 valence electrons. The van der Waals surface area contributed by atoms with Crippen molar-refractivity contribution in [1.82, 2.24) is 0 Å². The van der Waals surface area contributed by atoms with Crippen LogP contribution in [0, 0.1) is 0 Å². The van der Waals surface area contributed by atoms with E-state index in [-0.39, 0.29) is 65.3 Å². The molecule has 2 nitrogen and oxygen atoms in total. The third-order valence-corrected chi connectivity index (χ3v) is 0. The van der Waals surface area contributed by atoms with Crippen LogP contribution in [-0.4, -0.2) is 40.5 Å². The Kier molecular flexibility index (Phi) is 865. The van der Waals surface area contributed by atoms with Crippen LogP contribution in [0.5, 0.6) is 0 Å². The Bertz CT molecular complexity index is 7.61. The van der Waals surface area contributed by atoms with Gasteiger partial charge in [-0.15, -0.1) is 24.8 Å². The molecule has 0 heterocycles. The van der Waals surface area contributed by atoms with E-state index in [4.69, 9.17) is 0 Å². The molecule has 5 heteroatoms. The molecule has 0 aliphatic rings. The maximum atomic E-state index is 0. The summed E-state index contributed by atoms with van der Waals surface area (Å²) in [6, 6.07) is 0. The standard InChI is InChI=1S/2ClH.Na.2H2O.H/h2*1H;;2*1H2;. The van der Waals surface area contributed by atoms with E-state index in [1.54, 1.807) is 0 Å². The number of halogens is 2. The van der Waals surface area contributed by atoms with Gasteiger partial charge in [0.05, 0.1) is 0 Å². The van der Waals surface area contributed by atoms with E-state index >= 15 is 0 Å². The monoisotopic (exact) mass is 132 g/mol. The van der Waals surface area contributed by atoms with Gasteiger partial charge in [0.2, 0.25) is 0 Å². The quantitative estimate of drug-likeness (QED) is 0.363. The van der Waals surface area contributed by atoms with Crippen LogP contribution in [0.2, 0.25) is 0 Å². The van der Waals surface area contributed by atoms with Gasteiger partial charge in [-0.2, -0.15) is 0 Å². The molecule has 0 saturated carbocycles. The summed E-state index contributed by atoms with van der Waals surface area (Å²) in [5.74, 6) is 0. The van der Waals surface area contributed by atoms with Crippen molar-refractivity contribution in [3.8, 4) is 0 Å². The summed E-state index contributed by atoms with van der Waals surface area (Å²) in [5, 5.41) is 0. The molecule has 0 rings (SSSR count). The van der Waals surface area contributed by atoms with Gasteiger partial charge in [0.1, 0.15) is 0 Å². The topological polar surface area (TPSA) is 63.0 Å². The van der Waals surface area contributed by atoms with Crippen molar-refractivity contribution in [2.45, 2.75) is 0 Å². The predicted octanol–water partition coefficient (Wildman–Crippen LogP) is -1.45. The van der Waals surface area contributed by atoms with E-state index in [0.717, 1.165) is 0 Å².